The Morgan fingerprint density at radius 2 is 1.61 bits per heavy atom. The third kappa shape index (κ3) is 20.6. The maximum Gasteiger partial charge on any atom is 0.317 e. The lowest BCUT2D eigenvalue weighted by Gasteiger charge is -2.02. The largest absolute Gasteiger partial charge is 0.481 e. The summed E-state index contributed by atoms with van der Waals surface area (Å²) in [5.41, 5.74) is 0. The van der Waals surface area contributed by atoms with Crippen LogP contribution >= 0.6 is 11.6 Å². The standard InChI is InChI=1S/C9H15ClO4.C4H10/c10-5-3-1-2-4-6-14-9(13)7-8(11)12;1-3-4-2/h1-7H2,(H,11,12);3-4H2,1-2H3. The number of carboxylic acid groups (broad SMARTS) is 1. The Balaban J connectivity index is 0. The van der Waals surface area contributed by atoms with Gasteiger partial charge in [-0.3, -0.25) is 9.59 Å². The molecule has 0 amide bonds. The summed E-state index contributed by atoms with van der Waals surface area (Å²) < 4.78 is 4.68. The first-order valence-corrected chi connectivity index (χ1v) is 7.05. The predicted molar refractivity (Wildman–Crippen MR) is 73.0 cm³/mol. The number of aliphatic carboxylic acids is 1. The zero-order valence-electron chi connectivity index (χ0n) is 11.4. The van der Waals surface area contributed by atoms with Gasteiger partial charge in [0.05, 0.1) is 6.61 Å². The smallest absolute Gasteiger partial charge is 0.317 e. The quantitative estimate of drug-likeness (QED) is 0.303. The van der Waals surface area contributed by atoms with E-state index in [0.29, 0.717) is 12.5 Å². The summed E-state index contributed by atoms with van der Waals surface area (Å²) in [6.07, 6.45) is 5.78. The normalized spacial score (nSPS) is 9.28. The average molecular weight is 281 g/mol. The highest BCUT2D eigenvalue weighted by molar-refractivity contribution is 6.17. The van der Waals surface area contributed by atoms with Crippen molar-refractivity contribution in [3.8, 4) is 0 Å². The van der Waals surface area contributed by atoms with Crippen molar-refractivity contribution in [2.24, 2.45) is 0 Å². The average Bonchev–Trinajstić information content (AvgIpc) is 2.33. The molecule has 1 N–H and O–H groups in total. The number of esters is 1. The van der Waals surface area contributed by atoms with E-state index < -0.39 is 18.4 Å². The summed E-state index contributed by atoms with van der Waals surface area (Å²) in [7, 11) is 0. The Morgan fingerprint density at radius 3 is 2.06 bits per heavy atom. The minimum Gasteiger partial charge on any atom is -0.481 e. The first-order chi connectivity index (χ1) is 8.58. The van der Waals surface area contributed by atoms with Gasteiger partial charge in [-0.25, -0.2) is 0 Å². The molecule has 0 aromatic heterocycles. The highest BCUT2D eigenvalue weighted by Crippen LogP contribution is 2.01. The summed E-state index contributed by atoms with van der Waals surface area (Å²) >= 11 is 5.47. The van der Waals surface area contributed by atoms with Crippen LogP contribution in [0, 0.1) is 0 Å². The molecule has 18 heavy (non-hydrogen) atoms. The second-order valence-electron chi connectivity index (χ2n) is 3.89. The van der Waals surface area contributed by atoms with E-state index >= 15 is 0 Å². The van der Waals surface area contributed by atoms with Gasteiger partial charge in [-0.15, -0.1) is 11.6 Å². The van der Waals surface area contributed by atoms with Gasteiger partial charge in [0.15, 0.2) is 0 Å². The Kier molecular flexibility index (Phi) is 17.6. The topological polar surface area (TPSA) is 63.6 Å². The van der Waals surface area contributed by atoms with Crippen molar-refractivity contribution < 1.29 is 19.4 Å². The van der Waals surface area contributed by atoms with Crippen molar-refractivity contribution in [1.29, 1.82) is 0 Å². The molecule has 0 bridgehead atoms. The number of ether oxygens (including phenoxy) is 1. The van der Waals surface area contributed by atoms with Crippen LogP contribution in [0.5, 0.6) is 0 Å². The second-order valence-corrected chi connectivity index (χ2v) is 4.27. The third-order valence-corrected chi connectivity index (χ3v) is 2.35. The van der Waals surface area contributed by atoms with Gasteiger partial charge >= 0.3 is 11.9 Å². The molecular weight excluding hydrogens is 256 g/mol. The molecule has 0 rings (SSSR count). The summed E-state index contributed by atoms with van der Waals surface area (Å²) in [4.78, 5) is 20.8. The van der Waals surface area contributed by atoms with Crippen molar-refractivity contribution in [2.75, 3.05) is 12.5 Å². The van der Waals surface area contributed by atoms with Gasteiger partial charge in [0.2, 0.25) is 0 Å². The SMILES string of the molecule is CCCC.O=C(O)CC(=O)OCCCCCCCl. The van der Waals surface area contributed by atoms with E-state index in [1.807, 2.05) is 0 Å². The van der Waals surface area contributed by atoms with E-state index in [2.05, 4.69) is 18.6 Å². The number of unbranched alkanes of at least 4 members (excludes halogenated alkanes) is 4. The summed E-state index contributed by atoms with van der Waals surface area (Å²) in [6, 6.07) is 0. The van der Waals surface area contributed by atoms with E-state index in [9.17, 15) is 9.59 Å². The molecule has 4 nitrogen and oxygen atoms in total. The monoisotopic (exact) mass is 280 g/mol. The van der Waals surface area contributed by atoms with Gasteiger partial charge in [-0.1, -0.05) is 39.5 Å². The molecule has 0 aromatic carbocycles. The zero-order valence-corrected chi connectivity index (χ0v) is 12.2. The van der Waals surface area contributed by atoms with E-state index in [1.54, 1.807) is 0 Å². The molecule has 0 saturated heterocycles. The lowest BCUT2D eigenvalue weighted by Crippen LogP contribution is -2.11. The molecule has 5 heteroatoms. The van der Waals surface area contributed by atoms with Crippen LogP contribution in [0.4, 0.5) is 0 Å². The maximum atomic E-state index is 10.7. The predicted octanol–water partition coefficient (Wildman–Crippen LogP) is 3.61. The van der Waals surface area contributed by atoms with Crippen LogP contribution in [0.1, 0.15) is 58.8 Å². The van der Waals surface area contributed by atoms with Gasteiger partial charge < -0.3 is 9.84 Å². The molecule has 0 aliphatic rings. The van der Waals surface area contributed by atoms with E-state index in [4.69, 9.17) is 16.7 Å². The molecule has 0 radical (unpaired) electrons. The van der Waals surface area contributed by atoms with Crippen LogP contribution in [0.25, 0.3) is 0 Å². The highest BCUT2D eigenvalue weighted by atomic mass is 35.5. The fraction of sp³-hybridized carbons (Fsp3) is 0.846. The number of hydrogen-bond acceptors (Lipinski definition) is 3. The molecule has 0 saturated carbocycles. The Morgan fingerprint density at radius 1 is 1.06 bits per heavy atom. The molecular formula is C13H25ClO4. The van der Waals surface area contributed by atoms with Crippen LogP contribution in [-0.4, -0.2) is 29.5 Å². The fourth-order valence-electron chi connectivity index (χ4n) is 0.911. The van der Waals surface area contributed by atoms with Crippen LogP contribution in [0.15, 0.2) is 0 Å². The third-order valence-electron chi connectivity index (χ3n) is 2.09. The minimum absolute atomic E-state index is 0.300. The molecule has 0 aliphatic heterocycles. The molecule has 0 spiro atoms. The second kappa shape index (κ2) is 16.2. The molecule has 0 unspecified atom stereocenters. The summed E-state index contributed by atoms with van der Waals surface area (Å²) in [6.45, 7) is 4.66. The van der Waals surface area contributed by atoms with Gasteiger partial charge in [0.1, 0.15) is 6.42 Å². The van der Waals surface area contributed by atoms with Crippen molar-refractivity contribution in [3.05, 3.63) is 0 Å². The number of hydrogen-bond donors (Lipinski definition) is 1. The number of alkyl halides is 1. The summed E-state index contributed by atoms with van der Waals surface area (Å²) in [5.74, 6) is -1.18. The Hall–Kier alpha value is -0.770. The number of carboxylic acids is 1. The van der Waals surface area contributed by atoms with Crippen molar-refractivity contribution in [1.82, 2.24) is 0 Å². The minimum atomic E-state index is -1.16. The van der Waals surface area contributed by atoms with Gasteiger partial charge in [-0.2, -0.15) is 0 Å². The lowest BCUT2D eigenvalue weighted by atomic mass is 10.2. The first kappa shape index (κ1) is 19.6. The van der Waals surface area contributed by atoms with Crippen molar-refractivity contribution in [3.63, 3.8) is 0 Å². The molecule has 0 heterocycles. The van der Waals surface area contributed by atoms with Gasteiger partial charge in [0, 0.05) is 5.88 Å². The summed E-state index contributed by atoms with van der Waals surface area (Å²) in [5, 5.41) is 8.24. The lowest BCUT2D eigenvalue weighted by molar-refractivity contribution is -0.151. The zero-order chi connectivity index (χ0) is 14.2. The molecule has 108 valence electrons. The van der Waals surface area contributed by atoms with E-state index in [0.717, 1.165) is 25.7 Å². The number of carbonyl (C=O) groups is 2. The molecule has 0 atom stereocenters. The fourth-order valence-corrected chi connectivity index (χ4v) is 1.10. The van der Waals surface area contributed by atoms with Gasteiger partial charge in [-0.05, 0) is 12.8 Å². The van der Waals surface area contributed by atoms with E-state index in [-0.39, 0.29) is 0 Å². The van der Waals surface area contributed by atoms with Gasteiger partial charge in [0.25, 0.3) is 0 Å². The number of carbonyl (C=O) groups excluding carboxylic acids is 1. The Bertz CT molecular complexity index is 205. The van der Waals surface area contributed by atoms with Crippen LogP contribution < -0.4 is 0 Å². The van der Waals surface area contributed by atoms with Crippen molar-refractivity contribution in [2.45, 2.75) is 58.8 Å². The number of halogens is 1. The maximum absolute atomic E-state index is 10.7. The van der Waals surface area contributed by atoms with Crippen molar-refractivity contribution >= 4 is 23.5 Å². The van der Waals surface area contributed by atoms with Crippen LogP contribution in [-0.2, 0) is 14.3 Å². The molecule has 0 fully saturated rings. The Labute approximate surface area is 115 Å². The van der Waals surface area contributed by atoms with Crippen LogP contribution in [0.2, 0.25) is 0 Å². The van der Waals surface area contributed by atoms with E-state index in [1.165, 1.54) is 12.8 Å². The molecule has 0 aliphatic carbocycles. The molecule has 0 aromatic rings. The highest BCUT2D eigenvalue weighted by Gasteiger charge is 2.07. The number of rotatable bonds is 9. The first-order valence-electron chi connectivity index (χ1n) is 6.51. The van der Waals surface area contributed by atoms with Crippen LogP contribution in [0.3, 0.4) is 0 Å².